The van der Waals surface area contributed by atoms with Crippen molar-refractivity contribution in [2.24, 2.45) is 0 Å². The van der Waals surface area contributed by atoms with Crippen molar-refractivity contribution >= 4 is 17.5 Å². The fourth-order valence-electron chi connectivity index (χ4n) is 1.63. The third kappa shape index (κ3) is 3.55. The van der Waals surface area contributed by atoms with E-state index in [1.54, 1.807) is 42.5 Å². The van der Waals surface area contributed by atoms with Crippen LogP contribution in [0.25, 0.3) is 0 Å². The summed E-state index contributed by atoms with van der Waals surface area (Å²) in [6, 6.07) is 14.9. The van der Waals surface area contributed by atoms with Crippen LogP contribution in [0.4, 0.5) is 16.2 Å². The maximum atomic E-state index is 11.6. The highest BCUT2D eigenvalue weighted by atomic mass is 16.6. The van der Waals surface area contributed by atoms with E-state index in [1.807, 2.05) is 6.07 Å². The fraction of sp³-hybridized carbons (Fsp3) is 0.0714. The second kappa shape index (κ2) is 6.33. The number of benzene rings is 2. The molecule has 1 amide bonds. The van der Waals surface area contributed by atoms with Crippen LogP contribution in [0.5, 0.6) is 0 Å². The van der Waals surface area contributed by atoms with E-state index in [1.165, 1.54) is 6.07 Å². The van der Waals surface area contributed by atoms with E-state index >= 15 is 0 Å². The molecule has 0 fully saturated rings. The Morgan fingerprint density at radius 2 is 1.75 bits per heavy atom. The molecule has 0 aliphatic rings. The van der Waals surface area contributed by atoms with Crippen molar-refractivity contribution in [3.63, 3.8) is 0 Å². The van der Waals surface area contributed by atoms with E-state index < -0.39 is 11.0 Å². The Bertz CT molecular complexity index is 614. The number of nitrogens with zero attached hydrogens (tertiary/aromatic N) is 1. The Morgan fingerprint density at radius 3 is 2.45 bits per heavy atom. The molecule has 0 aromatic heterocycles. The number of rotatable bonds is 4. The van der Waals surface area contributed by atoms with Crippen LogP contribution in [0.3, 0.4) is 0 Å². The highest BCUT2D eigenvalue weighted by Crippen LogP contribution is 2.18. The van der Waals surface area contributed by atoms with Gasteiger partial charge in [0.15, 0.2) is 0 Å². The summed E-state index contributed by atoms with van der Waals surface area (Å²) in [6.07, 6.45) is -0.658. The lowest BCUT2D eigenvalue weighted by atomic mass is 10.2. The monoisotopic (exact) mass is 272 g/mol. The molecule has 0 spiro atoms. The number of nitro groups is 1. The van der Waals surface area contributed by atoms with Crippen molar-refractivity contribution < 1.29 is 14.5 Å². The summed E-state index contributed by atoms with van der Waals surface area (Å²) in [6.45, 7) is -0.157. The van der Waals surface area contributed by atoms with Gasteiger partial charge in [0.1, 0.15) is 6.61 Å². The van der Waals surface area contributed by atoms with Crippen molar-refractivity contribution in [1.82, 2.24) is 0 Å². The zero-order valence-electron chi connectivity index (χ0n) is 10.5. The van der Waals surface area contributed by atoms with Crippen LogP contribution in [-0.4, -0.2) is 11.0 Å². The Labute approximate surface area is 115 Å². The van der Waals surface area contributed by atoms with Crippen LogP contribution < -0.4 is 5.32 Å². The first-order chi connectivity index (χ1) is 9.66. The Hall–Kier alpha value is -2.89. The zero-order chi connectivity index (χ0) is 14.4. The minimum atomic E-state index is -0.658. The number of hydrogen-bond acceptors (Lipinski definition) is 4. The van der Waals surface area contributed by atoms with Gasteiger partial charge in [0.2, 0.25) is 0 Å². The second-order valence-corrected chi connectivity index (χ2v) is 3.95. The predicted octanol–water partition coefficient (Wildman–Crippen LogP) is 3.34. The summed E-state index contributed by atoms with van der Waals surface area (Å²) in [5.74, 6) is 0. The smallest absolute Gasteiger partial charge is 0.411 e. The first kappa shape index (κ1) is 13.5. The van der Waals surface area contributed by atoms with Crippen molar-refractivity contribution in [2.75, 3.05) is 5.32 Å². The molecule has 6 heteroatoms. The third-order valence-corrected chi connectivity index (χ3v) is 2.57. The molecule has 0 saturated carbocycles. The lowest BCUT2D eigenvalue weighted by molar-refractivity contribution is -0.385. The van der Waals surface area contributed by atoms with E-state index in [-0.39, 0.29) is 12.3 Å². The van der Waals surface area contributed by atoms with Crippen molar-refractivity contribution in [1.29, 1.82) is 0 Å². The molecule has 0 heterocycles. The number of carbonyl (C=O) groups is 1. The average Bonchev–Trinajstić information content (AvgIpc) is 2.46. The maximum Gasteiger partial charge on any atom is 0.411 e. The lowest BCUT2D eigenvalue weighted by Gasteiger charge is -2.07. The van der Waals surface area contributed by atoms with Gasteiger partial charge in [-0.05, 0) is 18.2 Å². The summed E-state index contributed by atoms with van der Waals surface area (Å²) in [7, 11) is 0. The molecule has 0 atom stereocenters. The number of ether oxygens (including phenoxy) is 1. The van der Waals surface area contributed by atoms with Crippen LogP contribution in [0, 0.1) is 10.1 Å². The third-order valence-electron chi connectivity index (χ3n) is 2.57. The van der Waals surface area contributed by atoms with Gasteiger partial charge in [-0.1, -0.05) is 30.3 Å². The Kier molecular flexibility index (Phi) is 4.28. The molecule has 2 aromatic rings. The molecule has 0 unspecified atom stereocenters. The molecule has 20 heavy (non-hydrogen) atoms. The summed E-state index contributed by atoms with van der Waals surface area (Å²) >= 11 is 0. The fourth-order valence-corrected chi connectivity index (χ4v) is 1.63. The summed E-state index contributed by atoms with van der Waals surface area (Å²) in [5.41, 5.74) is 0.876. The molecule has 6 nitrogen and oxygen atoms in total. The van der Waals surface area contributed by atoms with E-state index in [0.717, 1.165) is 0 Å². The minimum absolute atomic E-state index is 0.0694. The van der Waals surface area contributed by atoms with Gasteiger partial charge in [0, 0.05) is 11.8 Å². The molecule has 0 bridgehead atoms. The first-order valence-electron chi connectivity index (χ1n) is 5.88. The van der Waals surface area contributed by atoms with E-state index in [4.69, 9.17) is 4.74 Å². The summed E-state index contributed by atoms with van der Waals surface area (Å²) in [4.78, 5) is 21.9. The molecule has 1 N–H and O–H groups in total. The number of carbonyl (C=O) groups excluding carboxylic acids is 1. The second-order valence-electron chi connectivity index (χ2n) is 3.95. The van der Waals surface area contributed by atoms with Gasteiger partial charge in [-0.2, -0.15) is 0 Å². The number of anilines is 1. The molecular formula is C14H12N2O4. The van der Waals surface area contributed by atoms with Gasteiger partial charge in [0.05, 0.1) is 10.5 Å². The Morgan fingerprint density at radius 1 is 1.10 bits per heavy atom. The molecule has 2 rings (SSSR count). The van der Waals surface area contributed by atoms with Gasteiger partial charge in [0.25, 0.3) is 5.69 Å². The van der Waals surface area contributed by atoms with E-state index in [0.29, 0.717) is 11.3 Å². The lowest BCUT2D eigenvalue weighted by Crippen LogP contribution is -2.13. The standard InChI is InChI=1S/C14H12N2O4/c17-14(15-12-7-2-1-3-8-12)20-10-11-6-4-5-9-13(11)16(18)19/h1-9H,10H2,(H,15,17). The highest BCUT2D eigenvalue weighted by Gasteiger charge is 2.13. The number of amides is 1. The zero-order valence-corrected chi connectivity index (χ0v) is 10.5. The van der Waals surface area contributed by atoms with Gasteiger partial charge in [-0.3, -0.25) is 15.4 Å². The van der Waals surface area contributed by atoms with Crippen LogP contribution in [-0.2, 0) is 11.3 Å². The van der Waals surface area contributed by atoms with Crippen LogP contribution in [0.1, 0.15) is 5.56 Å². The largest absolute Gasteiger partial charge is 0.444 e. The molecule has 0 aliphatic heterocycles. The summed E-state index contributed by atoms with van der Waals surface area (Å²) in [5, 5.41) is 13.3. The Balaban J connectivity index is 1.96. The van der Waals surface area contributed by atoms with Crippen LogP contribution in [0.15, 0.2) is 54.6 Å². The van der Waals surface area contributed by atoms with Gasteiger partial charge < -0.3 is 4.74 Å². The van der Waals surface area contributed by atoms with Crippen LogP contribution in [0.2, 0.25) is 0 Å². The van der Waals surface area contributed by atoms with Crippen molar-refractivity contribution in [2.45, 2.75) is 6.61 Å². The van der Waals surface area contributed by atoms with Gasteiger partial charge >= 0.3 is 6.09 Å². The minimum Gasteiger partial charge on any atom is -0.444 e. The predicted molar refractivity (Wildman–Crippen MR) is 73.3 cm³/mol. The molecule has 0 radical (unpaired) electrons. The normalized spacial score (nSPS) is 9.80. The topological polar surface area (TPSA) is 81.5 Å². The number of nitrogens with one attached hydrogen (secondary N) is 1. The van der Waals surface area contributed by atoms with Gasteiger partial charge in [-0.25, -0.2) is 4.79 Å². The molecular weight excluding hydrogens is 260 g/mol. The van der Waals surface area contributed by atoms with Crippen LogP contribution >= 0.6 is 0 Å². The SMILES string of the molecule is O=C(Nc1ccccc1)OCc1ccccc1[N+](=O)[O-]. The average molecular weight is 272 g/mol. The molecule has 102 valence electrons. The molecule has 0 aliphatic carbocycles. The van der Waals surface area contributed by atoms with Gasteiger partial charge in [-0.15, -0.1) is 0 Å². The number of hydrogen-bond donors (Lipinski definition) is 1. The number of para-hydroxylation sites is 2. The maximum absolute atomic E-state index is 11.6. The number of nitro benzene ring substituents is 1. The van der Waals surface area contributed by atoms with E-state index in [9.17, 15) is 14.9 Å². The van der Waals surface area contributed by atoms with Crippen molar-refractivity contribution in [3.8, 4) is 0 Å². The first-order valence-corrected chi connectivity index (χ1v) is 5.88. The quantitative estimate of drug-likeness (QED) is 0.683. The summed E-state index contributed by atoms with van der Waals surface area (Å²) < 4.78 is 4.97. The van der Waals surface area contributed by atoms with E-state index in [2.05, 4.69) is 5.32 Å². The van der Waals surface area contributed by atoms with Crippen molar-refractivity contribution in [3.05, 3.63) is 70.3 Å². The highest BCUT2D eigenvalue weighted by molar-refractivity contribution is 5.84. The molecule has 2 aromatic carbocycles. The molecule has 0 saturated heterocycles.